The third-order valence-corrected chi connectivity index (χ3v) is 15.4. The van der Waals surface area contributed by atoms with Crippen molar-refractivity contribution >= 4 is 17.1 Å². The molecule has 296 valence electrons. The van der Waals surface area contributed by atoms with Gasteiger partial charge in [-0.15, -0.1) is 0 Å². The van der Waals surface area contributed by atoms with Gasteiger partial charge in [-0.1, -0.05) is 187 Å². The first-order valence-corrected chi connectivity index (χ1v) is 22.2. The first kappa shape index (κ1) is 36.4. The van der Waals surface area contributed by atoms with E-state index in [0.29, 0.717) is 0 Å². The molecule has 1 spiro atoms. The monoisotopic (exact) mass is 785 g/mol. The molecule has 0 amide bonds. The van der Waals surface area contributed by atoms with E-state index >= 15 is 0 Å². The molecule has 0 unspecified atom stereocenters. The molecule has 0 N–H and O–H groups in total. The van der Waals surface area contributed by atoms with E-state index in [-0.39, 0.29) is 16.2 Å². The van der Waals surface area contributed by atoms with Crippen LogP contribution in [-0.4, -0.2) is 0 Å². The van der Waals surface area contributed by atoms with Crippen molar-refractivity contribution < 1.29 is 0 Å². The van der Waals surface area contributed by atoms with Gasteiger partial charge in [0, 0.05) is 22.2 Å². The van der Waals surface area contributed by atoms with E-state index in [1.54, 1.807) is 0 Å². The lowest BCUT2D eigenvalue weighted by molar-refractivity contribution is 0.332. The average molecular weight is 786 g/mol. The maximum absolute atomic E-state index is 2.61. The second kappa shape index (κ2) is 12.6. The van der Waals surface area contributed by atoms with E-state index in [1.807, 2.05) is 0 Å². The number of hydrogen-bond acceptors (Lipinski definition) is 1. The molecular weight excluding hydrogens is 735 g/mol. The molecule has 0 bridgehead atoms. The predicted octanol–water partition coefficient (Wildman–Crippen LogP) is 15.8. The number of benzene rings is 8. The minimum Gasteiger partial charge on any atom is -0.309 e. The van der Waals surface area contributed by atoms with Gasteiger partial charge < -0.3 is 4.90 Å². The number of para-hydroxylation sites is 1. The molecule has 1 heteroatoms. The molecule has 12 rings (SSSR count). The maximum Gasteiger partial charge on any atom is 0.0726 e. The second-order valence-electron chi connectivity index (χ2n) is 19.9. The van der Waals surface area contributed by atoms with Crippen LogP contribution in [0.15, 0.2) is 176 Å². The molecular formula is C60H51N. The van der Waals surface area contributed by atoms with Gasteiger partial charge in [-0.05, 0) is 132 Å². The zero-order valence-corrected chi connectivity index (χ0v) is 36.1. The molecule has 0 saturated heterocycles. The summed E-state index contributed by atoms with van der Waals surface area (Å²) < 4.78 is 0. The lowest BCUT2D eigenvalue weighted by Gasteiger charge is -2.42. The van der Waals surface area contributed by atoms with Crippen molar-refractivity contribution in [3.05, 3.63) is 220 Å². The minimum absolute atomic E-state index is 0.0698. The summed E-state index contributed by atoms with van der Waals surface area (Å²) in [7, 11) is 0. The van der Waals surface area contributed by atoms with E-state index in [4.69, 9.17) is 0 Å². The SMILES string of the molecule is CC1(C)CCC(C)(C)c2cc(-c3cc4c(cc3N(c3ccccc3)c3cccc5c3-c3ccccc3C5(C)C)C3(c5ccccc5-c5ccccc53)c3ccccc3-4)ccc21. The average Bonchev–Trinajstić information content (AvgIpc) is 3.84. The van der Waals surface area contributed by atoms with Crippen LogP contribution in [0.2, 0.25) is 0 Å². The van der Waals surface area contributed by atoms with Crippen LogP contribution in [-0.2, 0) is 21.7 Å². The van der Waals surface area contributed by atoms with E-state index in [9.17, 15) is 0 Å². The molecule has 0 fully saturated rings. The van der Waals surface area contributed by atoms with Crippen LogP contribution in [0.25, 0.3) is 44.5 Å². The third-order valence-electron chi connectivity index (χ3n) is 15.4. The van der Waals surface area contributed by atoms with E-state index in [2.05, 4.69) is 222 Å². The highest BCUT2D eigenvalue weighted by Gasteiger charge is 2.52. The fourth-order valence-corrected chi connectivity index (χ4v) is 12.2. The largest absolute Gasteiger partial charge is 0.309 e. The first-order chi connectivity index (χ1) is 29.5. The molecule has 1 nitrogen and oxygen atoms in total. The van der Waals surface area contributed by atoms with E-state index in [0.717, 1.165) is 5.69 Å². The van der Waals surface area contributed by atoms with Crippen molar-refractivity contribution in [3.63, 3.8) is 0 Å². The molecule has 4 aliphatic rings. The molecule has 0 atom stereocenters. The van der Waals surface area contributed by atoms with Gasteiger partial charge in [-0.2, -0.15) is 0 Å². The molecule has 8 aromatic rings. The summed E-state index contributed by atoms with van der Waals surface area (Å²) in [6, 6.07) is 67.4. The first-order valence-electron chi connectivity index (χ1n) is 22.2. The smallest absolute Gasteiger partial charge is 0.0726 e. The van der Waals surface area contributed by atoms with Crippen LogP contribution in [0.5, 0.6) is 0 Å². The fourth-order valence-electron chi connectivity index (χ4n) is 12.2. The molecule has 0 aliphatic heterocycles. The summed E-state index contributed by atoms with van der Waals surface area (Å²) in [4.78, 5) is 2.60. The van der Waals surface area contributed by atoms with Gasteiger partial charge >= 0.3 is 0 Å². The summed E-state index contributed by atoms with van der Waals surface area (Å²) in [6.45, 7) is 14.5. The Balaban J connectivity index is 1.23. The van der Waals surface area contributed by atoms with Crippen LogP contribution < -0.4 is 4.90 Å². The summed E-state index contributed by atoms with van der Waals surface area (Å²) >= 11 is 0. The van der Waals surface area contributed by atoms with Crippen molar-refractivity contribution in [1.82, 2.24) is 0 Å². The Morgan fingerprint density at radius 1 is 0.344 bits per heavy atom. The highest BCUT2D eigenvalue weighted by atomic mass is 15.1. The number of hydrogen-bond donors (Lipinski definition) is 0. The topological polar surface area (TPSA) is 3.24 Å². The Morgan fingerprint density at radius 2 is 0.869 bits per heavy atom. The molecule has 8 aromatic carbocycles. The lowest BCUT2D eigenvalue weighted by Crippen LogP contribution is -2.33. The minimum atomic E-state index is -0.468. The van der Waals surface area contributed by atoms with Crippen molar-refractivity contribution in [3.8, 4) is 44.5 Å². The van der Waals surface area contributed by atoms with Crippen molar-refractivity contribution in [2.75, 3.05) is 4.90 Å². The second-order valence-corrected chi connectivity index (χ2v) is 19.9. The molecule has 0 aromatic heterocycles. The normalized spacial score (nSPS) is 17.1. The third kappa shape index (κ3) is 4.84. The summed E-state index contributed by atoms with van der Waals surface area (Å²) in [5.74, 6) is 0. The zero-order valence-electron chi connectivity index (χ0n) is 36.1. The quantitative estimate of drug-likeness (QED) is 0.172. The highest BCUT2D eigenvalue weighted by molar-refractivity contribution is 6.02. The lowest BCUT2D eigenvalue weighted by atomic mass is 9.63. The Kier molecular flexibility index (Phi) is 7.49. The Morgan fingerprint density at radius 3 is 1.51 bits per heavy atom. The van der Waals surface area contributed by atoms with Crippen LogP contribution in [0.3, 0.4) is 0 Å². The molecule has 0 radical (unpaired) electrons. The summed E-state index contributed by atoms with van der Waals surface area (Å²) in [5.41, 5.74) is 24.7. The van der Waals surface area contributed by atoms with Crippen LogP contribution >= 0.6 is 0 Å². The molecule has 61 heavy (non-hydrogen) atoms. The predicted molar refractivity (Wildman–Crippen MR) is 256 cm³/mol. The molecule has 4 aliphatic carbocycles. The van der Waals surface area contributed by atoms with Gasteiger partial charge in [-0.25, -0.2) is 0 Å². The Bertz CT molecular complexity index is 3080. The van der Waals surface area contributed by atoms with Crippen molar-refractivity contribution in [2.45, 2.75) is 76.0 Å². The summed E-state index contributed by atoms with van der Waals surface area (Å²) in [6.07, 6.45) is 2.36. The zero-order chi connectivity index (χ0) is 41.5. The van der Waals surface area contributed by atoms with Gasteiger partial charge in [-0.3, -0.25) is 0 Å². The van der Waals surface area contributed by atoms with E-state index in [1.165, 1.54) is 113 Å². The van der Waals surface area contributed by atoms with Crippen molar-refractivity contribution in [1.29, 1.82) is 0 Å². The van der Waals surface area contributed by atoms with Gasteiger partial charge in [0.05, 0.1) is 16.8 Å². The number of rotatable bonds is 4. The van der Waals surface area contributed by atoms with Crippen LogP contribution in [0.1, 0.15) is 98.9 Å². The van der Waals surface area contributed by atoms with Crippen molar-refractivity contribution in [2.24, 2.45) is 0 Å². The fraction of sp³-hybridized carbons (Fsp3) is 0.200. The Labute approximate surface area is 361 Å². The maximum atomic E-state index is 2.61. The van der Waals surface area contributed by atoms with Crippen LogP contribution in [0, 0.1) is 0 Å². The summed E-state index contributed by atoms with van der Waals surface area (Å²) in [5, 5.41) is 0. The molecule has 0 heterocycles. The molecule has 0 saturated carbocycles. The van der Waals surface area contributed by atoms with E-state index < -0.39 is 5.41 Å². The van der Waals surface area contributed by atoms with Gasteiger partial charge in [0.15, 0.2) is 0 Å². The number of anilines is 3. The highest BCUT2D eigenvalue weighted by Crippen LogP contribution is 2.65. The number of nitrogens with zero attached hydrogens (tertiary/aromatic N) is 1. The van der Waals surface area contributed by atoms with Gasteiger partial charge in [0.25, 0.3) is 0 Å². The Hall–Kier alpha value is -6.44. The van der Waals surface area contributed by atoms with Crippen LogP contribution in [0.4, 0.5) is 17.1 Å². The van der Waals surface area contributed by atoms with Gasteiger partial charge in [0.1, 0.15) is 0 Å². The number of fused-ring (bicyclic) bond motifs is 14. The standard InChI is InChI=1S/C60H51N/c1-57(2)33-34-58(3,4)53-35-38(31-32-50(53)57)44-36-45-42-23-12-17-28-49(42)60(47-26-15-10-21-40(47)41-22-11-16-27-48(41)60)52(45)37-55(44)61(39-19-8-7-9-20-39)54-30-18-29-51-56(54)43-24-13-14-25-46(43)59(51,5)6/h7-32,35-37H,33-34H2,1-6H3. The van der Waals surface area contributed by atoms with Gasteiger partial charge in [0.2, 0.25) is 0 Å².